The van der Waals surface area contributed by atoms with Gasteiger partial charge in [0.15, 0.2) is 0 Å². The van der Waals surface area contributed by atoms with Crippen LogP contribution in [0.3, 0.4) is 0 Å². The lowest BCUT2D eigenvalue weighted by atomic mass is 9.98. The predicted octanol–water partition coefficient (Wildman–Crippen LogP) is 0.266. The average molecular weight is 206 g/mol. The molecule has 4 N–H and O–H groups in total. The van der Waals surface area contributed by atoms with E-state index in [1.54, 1.807) is 18.3 Å². The fraction of sp³-hybridized carbons (Fsp3) is 0.400. The lowest BCUT2D eigenvalue weighted by Gasteiger charge is -2.29. The average Bonchev–Trinajstić information content (AvgIpc) is 2.17. The van der Waals surface area contributed by atoms with Crippen molar-refractivity contribution in [2.75, 3.05) is 18.9 Å². The van der Waals surface area contributed by atoms with Crippen molar-refractivity contribution in [3.05, 3.63) is 24.0 Å². The van der Waals surface area contributed by atoms with Gasteiger partial charge in [-0.2, -0.15) is 0 Å². The Morgan fingerprint density at radius 3 is 2.93 bits per heavy atom. The molecule has 1 aliphatic rings. The van der Waals surface area contributed by atoms with Gasteiger partial charge in [0.1, 0.15) is 18.0 Å². The van der Waals surface area contributed by atoms with Crippen molar-refractivity contribution in [2.45, 2.75) is 12.5 Å². The van der Waals surface area contributed by atoms with Crippen molar-refractivity contribution in [3.8, 4) is 0 Å². The van der Waals surface area contributed by atoms with E-state index in [2.05, 4.69) is 9.98 Å². The first-order valence-corrected chi connectivity index (χ1v) is 4.74. The van der Waals surface area contributed by atoms with Gasteiger partial charge in [0.05, 0.1) is 12.3 Å². The molecule has 1 unspecified atom stereocenters. The van der Waals surface area contributed by atoms with Gasteiger partial charge in [0, 0.05) is 11.9 Å². The van der Waals surface area contributed by atoms with Gasteiger partial charge in [0.2, 0.25) is 0 Å². The molecule has 1 aromatic heterocycles. The topological polar surface area (TPSA) is 86.5 Å². The highest BCUT2D eigenvalue weighted by atomic mass is 16.5. The number of nitrogens with zero attached hydrogens (tertiary/aromatic N) is 2. The molecule has 1 atom stereocenters. The minimum absolute atomic E-state index is 0.387. The molecule has 0 bridgehead atoms. The smallest absolute Gasteiger partial charge is 0.125 e. The van der Waals surface area contributed by atoms with Crippen LogP contribution >= 0.6 is 0 Å². The first-order valence-electron chi connectivity index (χ1n) is 4.74. The zero-order valence-electron chi connectivity index (χ0n) is 8.60. The van der Waals surface area contributed by atoms with Crippen LogP contribution in [0.15, 0.2) is 23.3 Å². The van der Waals surface area contributed by atoms with Crippen LogP contribution < -0.4 is 11.5 Å². The van der Waals surface area contributed by atoms with Crippen LogP contribution in [0.2, 0.25) is 0 Å². The Morgan fingerprint density at radius 2 is 2.27 bits per heavy atom. The molecule has 0 fully saturated rings. The van der Waals surface area contributed by atoms with E-state index >= 15 is 0 Å². The molecule has 0 spiro atoms. The van der Waals surface area contributed by atoms with Crippen LogP contribution in [-0.4, -0.2) is 24.0 Å². The number of amidine groups is 1. The summed E-state index contributed by atoms with van der Waals surface area (Å²) in [5, 5.41) is 0. The molecule has 15 heavy (non-hydrogen) atoms. The molecule has 1 aromatic rings. The van der Waals surface area contributed by atoms with E-state index in [1.165, 1.54) is 0 Å². The fourth-order valence-corrected chi connectivity index (χ4v) is 1.61. The number of rotatable bonds is 1. The van der Waals surface area contributed by atoms with Crippen molar-refractivity contribution in [1.29, 1.82) is 0 Å². The number of aromatic nitrogens is 1. The summed E-state index contributed by atoms with van der Waals surface area (Å²) in [4.78, 5) is 8.62. The molecule has 0 amide bonds. The molecule has 2 heterocycles. The second-order valence-electron chi connectivity index (χ2n) is 3.84. The van der Waals surface area contributed by atoms with Crippen molar-refractivity contribution < 1.29 is 4.74 Å². The number of aliphatic imine (C=N–C) groups is 1. The molecule has 1 aliphatic heterocycles. The van der Waals surface area contributed by atoms with E-state index in [-0.39, 0.29) is 0 Å². The van der Waals surface area contributed by atoms with Crippen LogP contribution in [-0.2, 0) is 10.3 Å². The first kappa shape index (κ1) is 9.92. The molecule has 0 saturated heterocycles. The minimum Gasteiger partial charge on any atom is -0.399 e. The van der Waals surface area contributed by atoms with Gasteiger partial charge in [-0.3, -0.25) is 9.98 Å². The maximum atomic E-state index is 5.70. The molecule has 0 aromatic carbocycles. The molecule has 5 nitrogen and oxygen atoms in total. The molecular formula is C10H14N4O. The van der Waals surface area contributed by atoms with Crippen LogP contribution in [0.5, 0.6) is 0 Å². The second-order valence-corrected chi connectivity index (χ2v) is 3.84. The lowest BCUT2D eigenvalue weighted by molar-refractivity contribution is 0.104. The molecule has 0 radical (unpaired) electrons. The third-order valence-electron chi connectivity index (χ3n) is 2.36. The molecule has 2 rings (SSSR count). The summed E-state index contributed by atoms with van der Waals surface area (Å²) in [7, 11) is 0. The Hall–Kier alpha value is -1.62. The number of nitrogens with two attached hydrogens (primary N) is 2. The highest BCUT2D eigenvalue weighted by molar-refractivity contribution is 5.82. The van der Waals surface area contributed by atoms with Gasteiger partial charge in [-0.1, -0.05) is 0 Å². The summed E-state index contributed by atoms with van der Waals surface area (Å²) in [6, 6.07) is 3.54. The monoisotopic (exact) mass is 206 g/mol. The van der Waals surface area contributed by atoms with Gasteiger partial charge in [-0.25, -0.2) is 0 Å². The Bertz CT molecular complexity index is 404. The maximum absolute atomic E-state index is 5.70. The molecular weight excluding hydrogens is 192 g/mol. The molecule has 80 valence electrons. The third-order valence-corrected chi connectivity index (χ3v) is 2.36. The third kappa shape index (κ3) is 1.92. The number of hydrogen-bond acceptors (Lipinski definition) is 5. The zero-order valence-corrected chi connectivity index (χ0v) is 8.60. The Labute approximate surface area is 88.2 Å². The Kier molecular flexibility index (Phi) is 2.32. The maximum Gasteiger partial charge on any atom is 0.125 e. The molecule has 0 saturated carbocycles. The van der Waals surface area contributed by atoms with Crippen LogP contribution in [0.4, 0.5) is 5.69 Å². The number of pyridine rings is 1. The quantitative estimate of drug-likeness (QED) is 0.690. The summed E-state index contributed by atoms with van der Waals surface area (Å²) >= 11 is 0. The van der Waals surface area contributed by atoms with E-state index < -0.39 is 5.54 Å². The lowest BCUT2D eigenvalue weighted by Crippen LogP contribution is -2.38. The minimum atomic E-state index is -0.516. The van der Waals surface area contributed by atoms with Crippen molar-refractivity contribution in [2.24, 2.45) is 10.7 Å². The van der Waals surface area contributed by atoms with Crippen LogP contribution in [0.25, 0.3) is 0 Å². The van der Waals surface area contributed by atoms with E-state index in [0.717, 1.165) is 5.69 Å². The molecule has 0 aliphatic carbocycles. The summed E-state index contributed by atoms with van der Waals surface area (Å²) in [6.07, 6.45) is 1.66. The molecule has 5 heteroatoms. The van der Waals surface area contributed by atoms with Gasteiger partial charge in [-0.05, 0) is 19.1 Å². The second kappa shape index (κ2) is 3.51. The largest absolute Gasteiger partial charge is 0.399 e. The summed E-state index contributed by atoms with van der Waals surface area (Å²) < 4.78 is 5.36. The highest BCUT2D eigenvalue weighted by Gasteiger charge is 2.31. The van der Waals surface area contributed by atoms with Crippen molar-refractivity contribution in [1.82, 2.24) is 4.98 Å². The number of anilines is 1. The fourth-order valence-electron chi connectivity index (χ4n) is 1.61. The summed E-state index contributed by atoms with van der Waals surface area (Å²) in [5.74, 6) is 0.493. The Morgan fingerprint density at radius 1 is 1.47 bits per heavy atom. The summed E-state index contributed by atoms with van der Waals surface area (Å²) in [5.41, 5.74) is 12.3. The predicted molar refractivity (Wildman–Crippen MR) is 58.4 cm³/mol. The zero-order chi connectivity index (χ0) is 10.9. The van der Waals surface area contributed by atoms with E-state index in [4.69, 9.17) is 16.2 Å². The van der Waals surface area contributed by atoms with Gasteiger partial charge >= 0.3 is 0 Å². The number of hydrogen-bond donors (Lipinski definition) is 2. The van der Waals surface area contributed by atoms with E-state index in [0.29, 0.717) is 24.7 Å². The van der Waals surface area contributed by atoms with Gasteiger partial charge in [0.25, 0.3) is 0 Å². The van der Waals surface area contributed by atoms with Gasteiger partial charge in [-0.15, -0.1) is 0 Å². The Balaban J connectivity index is 2.41. The number of ether oxygens (including phenoxy) is 1. The number of nitrogen functional groups attached to an aromatic ring is 1. The van der Waals surface area contributed by atoms with E-state index in [9.17, 15) is 0 Å². The van der Waals surface area contributed by atoms with E-state index in [1.807, 2.05) is 6.92 Å². The van der Waals surface area contributed by atoms with Crippen molar-refractivity contribution >= 4 is 11.5 Å². The van der Waals surface area contributed by atoms with Crippen LogP contribution in [0, 0.1) is 0 Å². The summed E-state index contributed by atoms with van der Waals surface area (Å²) in [6.45, 7) is 2.79. The standard InChI is InChI=1S/C10H14N4O/c1-10(6-15-5-9(12)14-10)8-4-7(11)2-3-13-8/h2-4H,5-6H2,1H3,(H2,11,13)(H2,12,14). The highest BCUT2D eigenvalue weighted by Crippen LogP contribution is 2.27. The van der Waals surface area contributed by atoms with Crippen molar-refractivity contribution in [3.63, 3.8) is 0 Å². The first-order chi connectivity index (χ1) is 7.10. The van der Waals surface area contributed by atoms with Crippen LogP contribution in [0.1, 0.15) is 12.6 Å². The SMILES string of the molecule is CC1(c2cc(N)ccn2)COCC(N)=N1. The normalized spacial score (nSPS) is 26.1. The van der Waals surface area contributed by atoms with Gasteiger partial charge < -0.3 is 16.2 Å².